The van der Waals surface area contributed by atoms with Crippen LogP contribution >= 0.6 is 24.0 Å². The highest BCUT2D eigenvalue weighted by Crippen LogP contribution is 2.34. The minimum atomic E-state index is -0.0771. The molecule has 0 aliphatic carbocycles. The number of morpholine rings is 1. The molecule has 0 radical (unpaired) electrons. The predicted molar refractivity (Wildman–Crippen MR) is 119 cm³/mol. The molecule has 0 spiro atoms. The molecule has 2 aromatic rings. The molecule has 8 heteroatoms. The van der Waals surface area contributed by atoms with E-state index in [1.54, 1.807) is 4.90 Å². The summed E-state index contributed by atoms with van der Waals surface area (Å²) in [4.78, 5) is 29.2. The summed E-state index contributed by atoms with van der Waals surface area (Å²) in [5.41, 5.74) is 2.13. The second-order valence-corrected chi connectivity index (χ2v) is 8.82. The van der Waals surface area contributed by atoms with Crippen LogP contribution in [0.4, 0.5) is 0 Å². The summed E-state index contributed by atoms with van der Waals surface area (Å²) in [7, 11) is 2.00. The van der Waals surface area contributed by atoms with Crippen molar-refractivity contribution in [3.05, 3.63) is 40.9 Å². The van der Waals surface area contributed by atoms with Crippen LogP contribution in [0.3, 0.4) is 0 Å². The zero-order chi connectivity index (χ0) is 20.4. The highest BCUT2D eigenvalue weighted by molar-refractivity contribution is 8.26. The minimum absolute atomic E-state index is 0.0771. The van der Waals surface area contributed by atoms with Gasteiger partial charge in [-0.1, -0.05) is 42.2 Å². The number of ether oxygens (including phenoxy) is 1. The van der Waals surface area contributed by atoms with Crippen LogP contribution in [0, 0.1) is 0 Å². The van der Waals surface area contributed by atoms with E-state index >= 15 is 0 Å². The van der Waals surface area contributed by atoms with Crippen LogP contribution in [0.25, 0.3) is 17.0 Å². The highest BCUT2D eigenvalue weighted by Gasteiger charge is 2.32. The Bertz CT molecular complexity index is 992. The molecule has 4 rings (SSSR count). The van der Waals surface area contributed by atoms with Crippen LogP contribution in [-0.4, -0.2) is 63.3 Å². The lowest BCUT2D eigenvalue weighted by atomic mass is 10.1. The third-order valence-electron chi connectivity index (χ3n) is 5.22. The predicted octanol–water partition coefficient (Wildman–Crippen LogP) is 3.02. The number of fused-ring (bicyclic) bond motifs is 1. The highest BCUT2D eigenvalue weighted by atomic mass is 32.2. The fraction of sp³-hybridized carbons (Fsp3) is 0.381. The topological polar surface area (TPSA) is 54.8 Å². The Hall–Kier alpha value is -2.16. The van der Waals surface area contributed by atoms with Crippen LogP contribution in [0.5, 0.6) is 0 Å². The molecule has 2 saturated heterocycles. The van der Waals surface area contributed by atoms with E-state index in [1.165, 1.54) is 11.8 Å². The number of hydrogen-bond acceptors (Lipinski definition) is 5. The molecular formula is C21H23N3O3S2. The summed E-state index contributed by atoms with van der Waals surface area (Å²) >= 11 is 6.76. The number of amides is 2. The summed E-state index contributed by atoms with van der Waals surface area (Å²) in [5.74, 6) is 0.0387. The van der Waals surface area contributed by atoms with Crippen LogP contribution in [0.2, 0.25) is 0 Å². The monoisotopic (exact) mass is 429 g/mol. The maximum atomic E-state index is 12.9. The van der Waals surface area contributed by atoms with E-state index in [9.17, 15) is 9.59 Å². The minimum Gasteiger partial charge on any atom is -0.378 e. The average molecular weight is 430 g/mol. The Kier molecular flexibility index (Phi) is 6.03. The Morgan fingerprint density at radius 3 is 2.83 bits per heavy atom. The van der Waals surface area contributed by atoms with Gasteiger partial charge >= 0.3 is 0 Å². The molecule has 152 valence electrons. The van der Waals surface area contributed by atoms with Crippen molar-refractivity contribution >= 4 is 57.1 Å². The maximum Gasteiger partial charge on any atom is 0.266 e. The summed E-state index contributed by atoms with van der Waals surface area (Å²) < 4.78 is 7.89. The summed E-state index contributed by atoms with van der Waals surface area (Å²) in [6.45, 7) is 2.95. The number of thioether (sulfide) groups is 1. The van der Waals surface area contributed by atoms with E-state index in [0.717, 1.165) is 16.5 Å². The fourth-order valence-corrected chi connectivity index (χ4v) is 4.98. The zero-order valence-corrected chi connectivity index (χ0v) is 17.9. The first-order valence-corrected chi connectivity index (χ1v) is 10.9. The Morgan fingerprint density at radius 1 is 1.28 bits per heavy atom. The zero-order valence-electron chi connectivity index (χ0n) is 16.3. The molecule has 2 aliphatic heterocycles. The van der Waals surface area contributed by atoms with Gasteiger partial charge < -0.3 is 14.2 Å². The summed E-state index contributed by atoms with van der Waals surface area (Å²) in [6.07, 6.45) is 4.96. The van der Waals surface area contributed by atoms with Crippen LogP contribution in [0.1, 0.15) is 18.4 Å². The smallest absolute Gasteiger partial charge is 0.266 e. The van der Waals surface area contributed by atoms with Crippen molar-refractivity contribution in [2.75, 3.05) is 32.8 Å². The molecule has 0 N–H and O–H groups in total. The van der Waals surface area contributed by atoms with E-state index < -0.39 is 0 Å². The van der Waals surface area contributed by atoms with Gasteiger partial charge in [-0.3, -0.25) is 14.5 Å². The van der Waals surface area contributed by atoms with Crippen molar-refractivity contribution < 1.29 is 14.3 Å². The number of carbonyl (C=O) groups excluding carboxylic acids is 2. The van der Waals surface area contributed by atoms with E-state index in [4.69, 9.17) is 17.0 Å². The molecule has 0 atom stereocenters. The molecule has 0 unspecified atom stereocenters. The second-order valence-electron chi connectivity index (χ2n) is 7.14. The summed E-state index contributed by atoms with van der Waals surface area (Å²) in [6, 6.07) is 8.11. The standard InChI is InChI=1S/C21H23N3O3S2/c1-22-14-15(16-5-2-3-6-17(16)22)13-18-20(26)24(21(28)29-18)8-4-7-19(25)23-9-11-27-12-10-23/h2-3,5-6,13-14H,4,7-12H2,1H3/b18-13-. The molecular weight excluding hydrogens is 406 g/mol. The van der Waals surface area contributed by atoms with Crippen LogP contribution in [0.15, 0.2) is 35.4 Å². The van der Waals surface area contributed by atoms with Crippen molar-refractivity contribution in [3.8, 4) is 0 Å². The lowest BCUT2D eigenvalue weighted by Crippen LogP contribution is -2.41. The third kappa shape index (κ3) is 4.24. The van der Waals surface area contributed by atoms with Gasteiger partial charge in [0.25, 0.3) is 5.91 Å². The number of rotatable bonds is 5. The van der Waals surface area contributed by atoms with E-state index in [0.29, 0.717) is 54.9 Å². The van der Waals surface area contributed by atoms with E-state index in [1.807, 2.05) is 36.4 Å². The largest absolute Gasteiger partial charge is 0.378 e. The number of thiocarbonyl (C=S) groups is 1. The molecule has 29 heavy (non-hydrogen) atoms. The molecule has 1 aromatic heterocycles. The van der Waals surface area contributed by atoms with Gasteiger partial charge in [-0.25, -0.2) is 0 Å². The van der Waals surface area contributed by atoms with Gasteiger partial charge in [-0.05, 0) is 18.6 Å². The van der Waals surface area contributed by atoms with Crippen molar-refractivity contribution in [2.45, 2.75) is 12.8 Å². The molecule has 3 heterocycles. The van der Waals surface area contributed by atoms with Crippen molar-refractivity contribution in [1.29, 1.82) is 0 Å². The Morgan fingerprint density at radius 2 is 2.03 bits per heavy atom. The fourth-order valence-electron chi connectivity index (χ4n) is 3.68. The number of hydrogen-bond donors (Lipinski definition) is 0. The molecule has 0 saturated carbocycles. The SMILES string of the molecule is Cn1cc(/C=C2\SC(=S)N(CCCC(=O)N3CCOCC3)C2=O)c2ccccc21. The van der Waals surface area contributed by atoms with Crippen molar-refractivity contribution in [2.24, 2.45) is 7.05 Å². The van der Waals surface area contributed by atoms with Crippen molar-refractivity contribution in [3.63, 3.8) is 0 Å². The number of aromatic nitrogens is 1. The van der Waals surface area contributed by atoms with E-state index in [-0.39, 0.29) is 11.8 Å². The van der Waals surface area contributed by atoms with Crippen LogP contribution in [-0.2, 0) is 21.4 Å². The lowest BCUT2D eigenvalue weighted by Gasteiger charge is -2.27. The average Bonchev–Trinajstić information content (AvgIpc) is 3.19. The molecule has 1 aromatic carbocycles. The molecule has 2 amide bonds. The number of benzene rings is 1. The second kappa shape index (κ2) is 8.69. The molecule has 2 aliphatic rings. The van der Waals surface area contributed by atoms with Gasteiger partial charge in [-0.2, -0.15) is 0 Å². The van der Waals surface area contributed by atoms with Crippen LogP contribution < -0.4 is 0 Å². The molecule has 6 nitrogen and oxygen atoms in total. The van der Waals surface area contributed by atoms with Gasteiger partial charge in [0.2, 0.25) is 5.91 Å². The maximum absolute atomic E-state index is 12.9. The number of para-hydroxylation sites is 1. The molecule has 2 fully saturated rings. The quantitative estimate of drug-likeness (QED) is 0.540. The Labute approximate surface area is 179 Å². The van der Waals surface area contributed by atoms with Crippen molar-refractivity contribution in [1.82, 2.24) is 14.4 Å². The van der Waals surface area contributed by atoms with E-state index in [2.05, 4.69) is 16.7 Å². The lowest BCUT2D eigenvalue weighted by molar-refractivity contribution is -0.135. The van der Waals surface area contributed by atoms with Gasteiger partial charge in [0.05, 0.1) is 18.1 Å². The number of carbonyl (C=O) groups is 2. The first kappa shape index (κ1) is 20.1. The third-order valence-corrected chi connectivity index (χ3v) is 6.60. The summed E-state index contributed by atoms with van der Waals surface area (Å²) in [5, 5.41) is 1.11. The van der Waals surface area contributed by atoms with Gasteiger partial charge in [0.1, 0.15) is 4.32 Å². The van der Waals surface area contributed by atoms with Gasteiger partial charge in [0.15, 0.2) is 0 Å². The Balaban J connectivity index is 1.40. The van der Waals surface area contributed by atoms with Gasteiger partial charge in [0, 0.05) is 55.8 Å². The molecule has 0 bridgehead atoms. The first-order valence-electron chi connectivity index (χ1n) is 9.69. The number of nitrogens with zero attached hydrogens (tertiary/aromatic N) is 3. The number of aryl methyl sites for hydroxylation is 1. The van der Waals surface area contributed by atoms with Gasteiger partial charge in [-0.15, -0.1) is 0 Å². The first-order chi connectivity index (χ1) is 14.0. The normalized spacial score (nSPS) is 19.0.